The number of carbonyl (C=O) groups excluding carboxylic acids is 1. The lowest BCUT2D eigenvalue weighted by atomic mass is 10.1. The molecule has 1 heterocycles. The summed E-state index contributed by atoms with van der Waals surface area (Å²) in [5.74, 6) is 1.19. The van der Waals surface area contributed by atoms with Crippen molar-refractivity contribution in [3.8, 4) is 11.5 Å². The van der Waals surface area contributed by atoms with E-state index in [0.29, 0.717) is 41.5 Å². The number of halogens is 1. The van der Waals surface area contributed by atoms with Crippen LogP contribution >= 0.6 is 11.6 Å². The van der Waals surface area contributed by atoms with E-state index in [1.165, 1.54) is 12.1 Å². The number of anilines is 1. The number of ether oxygens (including phenoxy) is 2. The summed E-state index contributed by atoms with van der Waals surface area (Å²) < 4.78 is 39.5. The number of hydrogen-bond acceptors (Lipinski definition) is 5. The van der Waals surface area contributed by atoms with Gasteiger partial charge in [-0.3, -0.25) is 9.52 Å². The molecule has 178 valence electrons. The van der Waals surface area contributed by atoms with Crippen LogP contribution in [0.3, 0.4) is 0 Å². The number of nitrogens with one attached hydrogen (secondary N) is 1. The number of rotatable bonds is 7. The van der Waals surface area contributed by atoms with Gasteiger partial charge in [-0.25, -0.2) is 8.42 Å². The van der Waals surface area contributed by atoms with Crippen LogP contribution in [0.15, 0.2) is 71.6 Å². The highest BCUT2D eigenvalue weighted by molar-refractivity contribution is 7.92. The lowest BCUT2D eigenvalue weighted by Gasteiger charge is -2.22. The SMILES string of the molecule is COc1ccccc1CCN1Cc2cc(NS(=O)(=O)c3cccc(Cl)c3)ccc2O[C@H](C)C1=O. The third-order valence-corrected chi connectivity index (χ3v) is 7.20. The minimum atomic E-state index is -3.83. The van der Waals surface area contributed by atoms with Gasteiger partial charge in [0.05, 0.1) is 12.0 Å². The predicted octanol–water partition coefficient (Wildman–Crippen LogP) is 4.50. The first-order chi connectivity index (χ1) is 16.3. The minimum Gasteiger partial charge on any atom is -0.496 e. The van der Waals surface area contributed by atoms with E-state index < -0.39 is 16.1 Å². The number of benzene rings is 3. The molecular formula is C25H25ClN2O5S. The number of amides is 1. The lowest BCUT2D eigenvalue weighted by molar-refractivity contribution is -0.137. The predicted molar refractivity (Wildman–Crippen MR) is 131 cm³/mol. The van der Waals surface area contributed by atoms with E-state index in [4.69, 9.17) is 21.1 Å². The van der Waals surface area contributed by atoms with Crippen LogP contribution in [-0.4, -0.2) is 39.0 Å². The fourth-order valence-corrected chi connectivity index (χ4v) is 5.22. The first-order valence-electron chi connectivity index (χ1n) is 10.8. The van der Waals surface area contributed by atoms with Crippen molar-refractivity contribution in [3.05, 3.63) is 82.9 Å². The van der Waals surface area contributed by atoms with E-state index in [-0.39, 0.29) is 10.8 Å². The Kier molecular flexibility index (Phi) is 7.00. The Bertz CT molecular complexity index is 1310. The summed E-state index contributed by atoms with van der Waals surface area (Å²) in [5.41, 5.74) is 2.08. The standard InChI is InChI=1S/C25H25ClN2O5S/c1-17-25(29)28(13-12-18-6-3-4-9-23(18)32-2)16-19-14-21(10-11-24(19)33-17)27-34(30,31)22-8-5-7-20(26)15-22/h3-11,14-15,17,27H,12-13,16H2,1-2H3/t17-/m1/s1. The molecule has 1 atom stereocenters. The maximum absolute atomic E-state index is 13.0. The fourth-order valence-electron chi connectivity index (χ4n) is 3.87. The van der Waals surface area contributed by atoms with Crippen molar-refractivity contribution >= 4 is 33.2 Å². The molecule has 3 aromatic rings. The van der Waals surface area contributed by atoms with Gasteiger partial charge in [-0.05, 0) is 61.4 Å². The molecule has 0 aliphatic carbocycles. The minimum absolute atomic E-state index is 0.0634. The summed E-state index contributed by atoms with van der Waals surface area (Å²) in [7, 11) is -2.21. The quantitative estimate of drug-likeness (QED) is 0.516. The summed E-state index contributed by atoms with van der Waals surface area (Å²) in [4.78, 5) is 14.7. The van der Waals surface area contributed by atoms with Crippen LogP contribution < -0.4 is 14.2 Å². The molecule has 7 nitrogen and oxygen atoms in total. The summed E-state index contributed by atoms with van der Waals surface area (Å²) in [6, 6.07) is 18.7. The van der Waals surface area contributed by atoms with Crippen molar-refractivity contribution in [2.75, 3.05) is 18.4 Å². The van der Waals surface area contributed by atoms with E-state index in [9.17, 15) is 13.2 Å². The summed E-state index contributed by atoms with van der Waals surface area (Å²) in [6.45, 7) is 2.47. The van der Waals surface area contributed by atoms with Crippen LogP contribution in [0.4, 0.5) is 5.69 Å². The molecular weight excluding hydrogens is 476 g/mol. The summed E-state index contributed by atoms with van der Waals surface area (Å²) in [6.07, 6.45) is -0.0493. The van der Waals surface area contributed by atoms with Crippen molar-refractivity contribution in [2.45, 2.75) is 30.9 Å². The fraction of sp³-hybridized carbons (Fsp3) is 0.240. The van der Waals surface area contributed by atoms with Crippen LogP contribution in [-0.2, 0) is 27.8 Å². The largest absolute Gasteiger partial charge is 0.496 e. The van der Waals surface area contributed by atoms with Crippen molar-refractivity contribution in [1.29, 1.82) is 0 Å². The first kappa shape index (κ1) is 23.9. The average Bonchev–Trinajstić information content (AvgIpc) is 2.93. The van der Waals surface area contributed by atoms with Gasteiger partial charge in [0.25, 0.3) is 15.9 Å². The van der Waals surface area contributed by atoms with E-state index in [0.717, 1.165) is 11.3 Å². The molecule has 1 N–H and O–H groups in total. The number of sulfonamides is 1. The Labute approximate surface area is 204 Å². The molecule has 3 aromatic carbocycles. The average molecular weight is 501 g/mol. The Morgan fingerprint density at radius 2 is 1.91 bits per heavy atom. The maximum atomic E-state index is 13.0. The number of para-hydroxylation sites is 1. The number of carbonyl (C=O) groups is 1. The Hall–Kier alpha value is -3.23. The Balaban J connectivity index is 1.56. The van der Waals surface area contributed by atoms with Crippen LogP contribution in [0.1, 0.15) is 18.1 Å². The molecule has 0 fully saturated rings. The van der Waals surface area contributed by atoms with Crippen LogP contribution in [0.25, 0.3) is 0 Å². The van der Waals surface area contributed by atoms with Gasteiger partial charge in [-0.1, -0.05) is 35.9 Å². The number of nitrogens with zero attached hydrogens (tertiary/aromatic N) is 1. The second-order valence-corrected chi connectivity index (χ2v) is 10.1. The van der Waals surface area contributed by atoms with Gasteiger partial charge in [0.15, 0.2) is 6.10 Å². The van der Waals surface area contributed by atoms with Crippen molar-refractivity contribution in [1.82, 2.24) is 4.90 Å². The zero-order chi connectivity index (χ0) is 24.3. The first-order valence-corrected chi connectivity index (χ1v) is 12.6. The third-order valence-electron chi connectivity index (χ3n) is 5.59. The molecule has 4 rings (SSSR count). The van der Waals surface area contributed by atoms with Crippen LogP contribution in [0.5, 0.6) is 11.5 Å². The van der Waals surface area contributed by atoms with E-state index in [1.807, 2.05) is 24.3 Å². The molecule has 1 aliphatic heterocycles. The molecule has 0 aromatic heterocycles. The molecule has 0 saturated carbocycles. The number of methoxy groups -OCH3 is 1. The van der Waals surface area contributed by atoms with Gasteiger partial charge in [-0.2, -0.15) is 0 Å². The third kappa shape index (κ3) is 5.29. The van der Waals surface area contributed by atoms with Crippen LogP contribution in [0.2, 0.25) is 5.02 Å². The van der Waals surface area contributed by atoms with E-state index in [1.54, 1.807) is 49.3 Å². The van der Waals surface area contributed by atoms with E-state index in [2.05, 4.69) is 4.72 Å². The smallest absolute Gasteiger partial charge is 0.263 e. The highest BCUT2D eigenvalue weighted by atomic mass is 35.5. The highest BCUT2D eigenvalue weighted by Gasteiger charge is 2.28. The van der Waals surface area contributed by atoms with Gasteiger partial charge in [0.1, 0.15) is 11.5 Å². The molecule has 0 unspecified atom stereocenters. The van der Waals surface area contributed by atoms with Crippen molar-refractivity contribution < 1.29 is 22.7 Å². The second kappa shape index (κ2) is 9.95. The summed E-state index contributed by atoms with van der Waals surface area (Å²) >= 11 is 5.95. The Morgan fingerprint density at radius 3 is 2.68 bits per heavy atom. The Morgan fingerprint density at radius 1 is 1.12 bits per heavy atom. The molecule has 0 spiro atoms. The summed E-state index contributed by atoms with van der Waals surface area (Å²) in [5, 5.41) is 0.330. The molecule has 1 amide bonds. The zero-order valence-corrected chi connectivity index (χ0v) is 20.4. The molecule has 1 aliphatic rings. The second-order valence-electron chi connectivity index (χ2n) is 7.97. The van der Waals surface area contributed by atoms with E-state index >= 15 is 0 Å². The normalized spacial score (nSPS) is 15.8. The van der Waals surface area contributed by atoms with Gasteiger partial charge in [0, 0.05) is 29.4 Å². The molecule has 9 heteroatoms. The van der Waals surface area contributed by atoms with Crippen LogP contribution in [0, 0.1) is 0 Å². The van der Waals surface area contributed by atoms with Gasteiger partial charge >= 0.3 is 0 Å². The monoisotopic (exact) mass is 500 g/mol. The lowest BCUT2D eigenvalue weighted by Crippen LogP contribution is -2.39. The molecule has 34 heavy (non-hydrogen) atoms. The molecule has 0 bridgehead atoms. The topological polar surface area (TPSA) is 84.9 Å². The zero-order valence-electron chi connectivity index (χ0n) is 18.8. The number of fused-ring (bicyclic) bond motifs is 1. The van der Waals surface area contributed by atoms with Gasteiger partial charge in [-0.15, -0.1) is 0 Å². The maximum Gasteiger partial charge on any atom is 0.263 e. The highest BCUT2D eigenvalue weighted by Crippen LogP contribution is 2.30. The molecule has 0 saturated heterocycles. The molecule has 0 radical (unpaired) electrons. The van der Waals surface area contributed by atoms with Crippen molar-refractivity contribution in [2.24, 2.45) is 0 Å². The van der Waals surface area contributed by atoms with Gasteiger partial charge < -0.3 is 14.4 Å². The van der Waals surface area contributed by atoms with Gasteiger partial charge in [0.2, 0.25) is 0 Å². The van der Waals surface area contributed by atoms with Crippen molar-refractivity contribution in [3.63, 3.8) is 0 Å². The number of hydrogen-bond donors (Lipinski definition) is 1.